The van der Waals surface area contributed by atoms with Gasteiger partial charge in [-0.05, 0) is 97.3 Å². The average Bonchev–Trinajstić information content (AvgIpc) is 3.24. The van der Waals surface area contributed by atoms with Crippen molar-refractivity contribution in [2.24, 2.45) is 0 Å². The van der Waals surface area contributed by atoms with Crippen molar-refractivity contribution in [3.05, 3.63) is 29.8 Å². The fourth-order valence-electron chi connectivity index (χ4n) is 5.05. The molecule has 1 saturated heterocycles. The lowest BCUT2D eigenvalue weighted by molar-refractivity contribution is -0.0292. The number of carbonyl (C=O) groups excluding carboxylic acids is 2. The van der Waals surface area contributed by atoms with Crippen LogP contribution in [0.1, 0.15) is 85.1 Å². The zero-order valence-corrected chi connectivity index (χ0v) is 25.0. The van der Waals surface area contributed by atoms with Crippen LogP contribution in [0.5, 0.6) is 5.75 Å². The Labute approximate surface area is 232 Å². The van der Waals surface area contributed by atoms with E-state index in [-0.39, 0.29) is 18.6 Å². The summed E-state index contributed by atoms with van der Waals surface area (Å²) in [6, 6.07) is 6.50. The van der Waals surface area contributed by atoms with Crippen molar-refractivity contribution in [2.75, 3.05) is 19.4 Å². The summed E-state index contributed by atoms with van der Waals surface area (Å²) < 4.78 is 49.3. The first-order valence-electron chi connectivity index (χ1n) is 13.6. The maximum Gasteiger partial charge on any atom is 0.514 e. The average molecular weight is 569 g/mol. The van der Waals surface area contributed by atoms with Crippen LogP contribution in [0.25, 0.3) is 0 Å². The molecule has 0 aromatic heterocycles. The number of nitrogens with one attached hydrogen (secondary N) is 1. The van der Waals surface area contributed by atoms with Gasteiger partial charge in [-0.3, -0.25) is 0 Å². The molecule has 1 aromatic rings. The number of hydrogen-bond acceptors (Lipinski definition) is 8. The summed E-state index contributed by atoms with van der Waals surface area (Å²) in [4.78, 5) is 26.6. The predicted octanol–water partition coefficient (Wildman–Crippen LogP) is 4.97. The molecule has 0 unspecified atom stereocenters. The molecule has 1 saturated carbocycles. The SMILES string of the molecule is CC(C)(C)OC(=O)Oc1cccc([C@H]2CC[C@@H](OC[C@H]3[C@@H](NS(C)(=O)=O)CCCN3C(=O)OC(C)(C)C)C2)c1. The van der Waals surface area contributed by atoms with Crippen molar-refractivity contribution in [1.82, 2.24) is 9.62 Å². The number of ether oxygens (including phenoxy) is 4. The zero-order valence-electron chi connectivity index (χ0n) is 24.2. The van der Waals surface area contributed by atoms with Crippen LogP contribution in [0.3, 0.4) is 0 Å². The van der Waals surface area contributed by atoms with Gasteiger partial charge in [-0.1, -0.05) is 12.1 Å². The number of piperidine rings is 1. The second kappa shape index (κ2) is 12.4. The Morgan fingerprint density at radius 1 is 1.03 bits per heavy atom. The molecule has 39 heavy (non-hydrogen) atoms. The summed E-state index contributed by atoms with van der Waals surface area (Å²) in [6.45, 7) is 11.4. The number of benzene rings is 1. The number of hydrogen-bond donors (Lipinski definition) is 1. The second-order valence-corrected chi connectivity index (χ2v) is 14.3. The summed E-state index contributed by atoms with van der Waals surface area (Å²) in [5.41, 5.74) is -0.260. The molecule has 1 N–H and O–H groups in total. The van der Waals surface area contributed by atoms with E-state index >= 15 is 0 Å². The van der Waals surface area contributed by atoms with Gasteiger partial charge in [0.25, 0.3) is 0 Å². The molecule has 1 aromatic carbocycles. The fraction of sp³-hybridized carbons (Fsp3) is 0.714. The van der Waals surface area contributed by atoms with Crippen LogP contribution in [0, 0.1) is 0 Å². The Hall–Kier alpha value is -2.37. The van der Waals surface area contributed by atoms with Crippen LogP contribution in [-0.4, -0.2) is 74.4 Å². The van der Waals surface area contributed by atoms with E-state index in [1.165, 1.54) is 0 Å². The number of likely N-dealkylation sites (tertiary alicyclic amines) is 1. The Bertz CT molecular complexity index is 1110. The van der Waals surface area contributed by atoms with E-state index in [1.807, 2.05) is 18.2 Å². The van der Waals surface area contributed by atoms with E-state index in [0.29, 0.717) is 25.1 Å². The lowest BCUT2D eigenvalue weighted by Gasteiger charge is -2.41. The predicted molar refractivity (Wildman–Crippen MR) is 147 cm³/mol. The third-order valence-corrected chi connectivity index (χ3v) is 7.31. The van der Waals surface area contributed by atoms with Gasteiger partial charge in [-0.2, -0.15) is 0 Å². The van der Waals surface area contributed by atoms with E-state index < -0.39 is 45.6 Å². The van der Waals surface area contributed by atoms with Gasteiger partial charge in [0.1, 0.15) is 17.0 Å². The van der Waals surface area contributed by atoms with Gasteiger partial charge in [0.15, 0.2) is 0 Å². The van der Waals surface area contributed by atoms with Crippen LogP contribution < -0.4 is 9.46 Å². The van der Waals surface area contributed by atoms with E-state index in [9.17, 15) is 18.0 Å². The third-order valence-electron chi connectivity index (χ3n) is 6.58. The molecule has 3 rings (SSSR count). The minimum absolute atomic E-state index is 0.0493. The Kier molecular flexibility index (Phi) is 9.93. The molecule has 2 fully saturated rings. The van der Waals surface area contributed by atoms with Gasteiger partial charge in [-0.15, -0.1) is 0 Å². The van der Waals surface area contributed by atoms with Crippen LogP contribution in [0.2, 0.25) is 0 Å². The molecular formula is C28H44N2O8S. The summed E-state index contributed by atoms with van der Waals surface area (Å²) in [6.07, 6.45) is 3.62. The van der Waals surface area contributed by atoms with Gasteiger partial charge in [0.05, 0.1) is 25.0 Å². The lowest BCUT2D eigenvalue weighted by Crippen LogP contribution is -2.59. The van der Waals surface area contributed by atoms with Crippen molar-refractivity contribution >= 4 is 22.3 Å². The van der Waals surface area contributed by atoms with Crippen LogP contribution >= 0.6 is 0 Å². The molecule has 11 heteroatoms. The first-order valence-corrected chi connectivity index (χ1v) is 15.5. The highest BCUT2D eigenvalue weighted by Gasteiger charge is 2.39. The van der Waals surface area contributed by atoms with Crippen LogP contribution in [0.4, 0.5) is 9.59 Å². The molecule has 2 aliphatic rings. The molecule has 10 nitrogen and oxygen atoms in total. The fourth-order valence-corrected chi connectivity index (χ4v) is 5.88. The van der Waals surface area contributed by atoms with Crippen molar-refractivity contribution in [3.63, 3.8) is 0 Å². The largest absolute Gasteiger partial charge is 0.514 e. The molecule has 0 bridgehead atoms. The molecule has 220 valence electrons. The van der Waals surface area contributed by atoms with Crippen LogP contribution in [0.15, 0.2) is 24.3 Å². The molecule has 1 aliphatic carbocycles. The summed E-state index contributed by atoms with van der Waals surface area (Å²) in [7, 11) is -3.48. The van der Waals surface area contributed by atoms with Crippen molar-refractivity contribution in [1.29, 1.82) is 0 Å². The van der Waals surface area contributed by atoms with Gasteiger partial charge >= 0.3 is 12.2 Å². The summed E-state index contributed by atoms with van der Waals surface area (Å²) in [5.74, 6) is 0.645. The zero-order chi connectivity index (χ0) is 29.0. The number of sulfonamides is 1. The number of amides is 1. The lowest BCUT2D eigenvalue weighted by atomic mass is 9.97. The maximum absolute atomic E-state index is 13.0. The summed E-state index contributed by atoms with van der Waals surface area (Å²) in [5, 5.41) is 0. The number of nitrogens with zero attached hydrogens (tertiary/aromatic N) is 1. The third kappa shape index (κ3) is 10.3. The minimum Gasteiger partial charge on any atom is -0.444 e. The molecule has 1 aliphatic heterocycles. The second-order valence-electron chi connectivity index (χ2n) is 12.5. The van der Waals surface area contributed by atoms with Gasteiger partial charge in [0.2, 0.25) is 10.0 Å². The van der Waals surface area contributed by atoms with E-state index in [2.05, 4.69) is 4.72 Å². The molecular weight excluding hydrogens is 524 g/mol. The highest BCUT2D eigenvalue weighted by atomic mass is 32.2. The monoisotopic (exact) mass is 568 g/mol. The Morgan fingerprint density at radius 2 is 1.72 bits per heavy atom. The maximum atomic E-state index is 13.0. The first-order chi connectivity index (χ1) is 18.0. The quantitative estimate of drug-likeness (QED) is 0.362. The van der Waals surface area contributed by atoms with E-state index in [1.54, 1.807) is 52.5 Å². The summed E-state index contributed by atoms with van der Waals surface area (Å²) >= 11 is 0. The van der Waals surface area contributed by atoms with Crippen LogP contribution in [-0.2, 0) is 24.2 Å². The smallest absolute Gasteiger partial charge is 0.444 e. The van der Waals surface area contributed by atoms with Crippen molar-refractivity contribution in [3.8, 4) is 5.75 Å². The van der Waals surface area contributed by atoms with Crippen molar-refractivity contribution < 1.29 is 37.0 Å². The van der Waals surface area contributed by atoms with E-state index in [4.69, 9.17) is 18.9 Å². The Balaban J connectivity index is 1.64. The topological polar surface area (TPSA) is 120 Å². The molecule has 0 radical (unpaired) electrons. The molecule has 0 spiro atoms. The molecule has 1 heterocycles. The first kappa shape index (κ1) is 31.2. The number of carbonyl (C=O) groups is 2. The minimum atomic E-state index is -3.48. The highest BCUT2D eigenvalue weighted by Crippen LogP contribution is 2.37. The number of rotatable bonds is 7. The van der Waals surface area contributed by atoms with Crippen molar-refractivity contribution in [2.45, 2.75) is 109 Å². The van der Waals surface area contributed by atoms with Gasteiger partial charge in [-0.25, -0.2) is 22.7 Å². The standard InChI is InChI=1S/C28H44N2O8S/c1-27(2,3)37-25(31)30-15-9-12-23(29-39(7,33)34)24(30)18-35-21-14-13-20(16-21)19-10-8-11-22(17-19)36-26(32)38-28(4,5)6/h8,10-11,17,20-21,23-24,29H,9,12-16,18H2,1-7H3/t20-,21+,23-,24-/m0/s1. The molecule has 4 atom stereocenters. The van der Waals surface area contributed by atoms with E-state index in [0.717, 1.165) is 31.1 Å². The Morgan fingerprint density at radius 3 is 2.36 bits per heavy atom. The highest BCUT2D eigenvalue weighted by molar-refractivity contribution is 7.88. The normalized spacial score (nSPS) is 24.3. The van der Waals surface area contributed by atoms with Gasteiger partial charge in [0, 0.05) is 12.6 Å². The molecule has 1 amide bonds. The van der Waals surface area contributed by atoms with Gasteiger partial charge < -0.3 is 23.8 Å².